The molecule has 5 aromatic rings. The maximum atomic E-state index is 8.78. The van der Waals surface area contributed by atoms with Crippen molar-refractivity contribution in [1.29, 1.82) is 10.5 Å². The van der Waals surface area contributed by atoms with E-state index in [1.165, 1.54) is 52.1 Å². The van der Waals surface area contributed by atoms with Crippen molar-refractivity contribution in [2.45, 2.75) is 19.9 Å². The van der Waals surface area contributed by atoms with Crippen LogP contribution in [0.1, 0.15) is 23.1 Å². The number of rotatable bonds is 6. The minimum absolute atomic E-state index is 0.994. The van der Waals surface area contributed by atoms with E-state index < -0.39 is 0 Å². The lowest BCUT2D eigenvalue weighted by atomic mass is 10.3. The van der Waals surface area contributed by atoms with Gasteiger partial charge in [0.1, 0.15) is 0 Å². The summed E-state index contributed by atoms with van der Waals surface area (Å²) < 4.78 is 5.16. The van der Waals surface area contributed by atoms with Crippen LogP contribution in [0, 0.1) is 22.7 Å². The lowest BCUT2D eigenvalue weighted by Gasteiger charge is -2.02. The van der Waals surface area contributed by atoms with Gasteiger partial charge in [-0.3, -0.25) is 0 Å². The number of hydrogen-bond acceptors (Lipinski definition) is 6. The summed E-state index contributed by atoms with van der Waals surface area (Å²) in [6.07, 6.45) is 7.86. The van der Waals surface area contributed by atoms with E-state index in [2.05, 4.69) is 60.0 Å². The van der Waals surface area contributed by atoms with Gasteiger partial charge in [0.2, 0.25) is 0 Å². The molecule has 7 heteroatoms. The normalized spacial score (nSPS) is 11.8. The van der Waals surface area contributed by atoms with Crippen LogP contribution in [0.4, 0.5) is 0 Å². The van der Waals surface area contributed by atoms with Gasteiger partial charge in [0.15, 0.2) is 0 Å². The minimum atomic E-state index is 0.994. The van der Waals surface area contributed by atoms with E-state index in [9.17, 15) is 0 Å². The first kappa shape index (κ1) is 20.9. The summed E-state index contributed by atoms with van der Waals surface area (Å²) in [6.45, 7) is 3.21. The molecule has 0 aliphatic rings. The predicted octanol–water partition coefficient (Wildman–Crippen LogP) is 8.86. The van der Waals surface area contributed by atoms with Gasteiger partial charge in [-0.25, -0.2) is 0 Å². The second-order valence-electron chi connectivity index (χ2n) is 7.13. The molecule has 0 unspecified atom stereocenters. The molecule has 0 radical (unpaired) electrons. The van der Waals surface area contributed by atoms with Crippen molar-refractivity contribution in [3.8, 4) is 31.6 Å². The molecule has 0 aliphatic carbocycles. The summed E-state index contributed by atoms with van der Waals surface area (Å²) in [5.74, 6) is 0. The molecule has 0 bridgehead atoms. The number of thiophene rings is 4. The average molecular weight is 488 g/mol. The Bertz CT molecular complexity index is 1450. The second-order valence-corrected chi connectivity index (χ2v) is 11.5. The van der Waals surface area contributed by atoms with Crippen LogP contribution in [0.5, 0.6) is 0 Å². The van der Waals surface area contributed by atoms with E-state index in [-0.39, 0.29) is 0 Å². The minimum Gasteiger partial charge on any atom is -0.339 e. The van der Waals surface area contributed by atoms with Gasteiger partial charge in [-0.15, -0.1) is 45.3 Å². The van der Waals surface area contributed by atoms with Crippen molar-refractivity contribution in [3.63, 3.8) is 0 Å². The van der Waals surface area contributed by atoms with Crippen LogP contribution in [-0.4, -0.2) is 4.57 Å². The lowest BCUT2D eigenvalue weighted by molar-refractivity contribution is 0.725. The number of nitrogens with zero attached hydrogens (tertiary/aromatic N) is 3. The van der Waals surface area contributed by atoms with Crippen molar-refractivity contribution in [3.05, 3.63) is 58.3 Å². The zero-order chi connectivity index (χ0) is 22.1. The molecular weight excluding hydrogens is 471 g/mol. The van der Waals surface area contributed by atoms with Crippen LogP contribution in [0.3, 0.4) is 0 Å². The van der Waals surface area contributed by atoms with Crippen LogP contribution < -0.4 is 0 Å². The summed E-state index contributed by atoms with van der Waals surface area (Å²) in [5.41, 5.74) is 2.62. The maximum Gasteiger partial charge on any atom is 0.0912 e. The summed E-state index contributed by atoms with van der Waals surface area (Å²) in [5, 5.41) is 17.6. The Balaban J connectivity index is 1.60. The third kappa shape index (κ3) is 3.74. The third-order valence-electron chi connectivity index (χ3n) is 5.04. The van der Waals surface area contributed by atoms with Gasteiger partial charge in [-0.05, 0) is 55.0 Å². The Labute approximate surface area is 202 Å². The van der Waals surface area contributed by atoms with Crippen LogP contribution in [0.2, 0.25) is 0 Å². The zero-order valence-electron chi connectivity index (χ0n) is 17.2. The first-order valence-electron chi connectivity index (χ1n) is 10.1. The standard InChI is InChI=1S/C25H17N3S4/c1-2-13-28-18-14-22(20-9-7-16(29-20)5-3-11-26)31-24(18)25-19(28)15-23(32-25)21-10-8-17(30-21)6-4-12-27/h3-10,14-15H,2,13H2,1H3/b5-3-,6-4-. The first-order chi connectivity index (χ1) is 15.7. The lowest BCUT2D eigenvalue weighted by Crippen LogP contribution is -1.94. The monoisotopic (exact) mass is 487 g/mol. The van der Waals surface area contributed by atoms with E-state index in [0.717, 1.165) is 22.7 Å². The number of fused-ring (bicyclic) bond motifs is 3. The third-order valence-corrected chi connectivity index (χ3v) is 9.95. The molecule has 5 rings (SSSR count). The van der Waals surface area contributed by atoms with Crippen molar-refractivity contribution < 1.29 is 0 Å². The molecule has 5 heterocycles. The highest BCUT2D eigenvalue weighted by molar-refractivity contribution is 7.32. The highest BCUT2D eigenvalue weighted by Gasteiger charge is 2.19. The van der Waals surface area contributed by atoms with E-state index >= 15 is 0 Å². The van der Waals surface area contributed by atoms with E-state index in [1.807, 2.05) is 34.8 Å². The topological polar surface area (TPSA) is 52.5 Å². The molecule has 0 saturated heterocycles. The molecule has 0 atom stereocenters. The van der Waals surface area contributed by atoms with Gasteiger partial charge in [0.25, 0.3) is 0 Å². The summed E-state index contributed by atoms with van der Waals surface area (Å²) in [6, 6.07) is 17.2. The first-order valence-corrected chi connectivity index (χ1v) is 13.4. The number of aryl methyl sites for hydroxylation is 1. The van der Waals surface area contributed by atoms with Crippen LogP contribution in [0.25, 0.3) is 52.1 Å². The molecule has 32 heavy (non-hydrogen) atoms. The largest absolute Gasteiger partial charge is 0.339 e. The number of hydrogen-bond donors (Lipinski definition) is 0. The van der Waals surface area contributed by atoms with Crippen molar-refractivity contribution in [2.24, 2.45) is 0 Å². The van der Waals surface area contributed by atoms with Crippen LogP contribution >= 0.6 is 45.3 Å². The van der Waals surface area contributed by atoms with Gasteiger partial charge < -0.3 is 4.57 Å². The van der Waals surface area contributed by atoms with E-state index in [0.29, 0.717) is 0 Å². The summed E-state index contributed by atoms with van der Waals surface area (Å²) in [7, 11) is 0. The van der Waals surface area contributed by atoms with Gasteiger partial charge in [-0.1, -0.05) is 6.92 Å². The van der Waals surface area contributed by atoms with E-state index in [4.69, 9.17) is 10.5 Å². The molecule has 156 valence electrons. The predicted molar refractivity (Wildman–Crippen MR) is 141 cm³/mol. The number of aromatic nitrogens is 1. The van der Waals surface area contributed by atoms with Crippen molar-refractivity contribution in [2.75, 3.05) is 0 Å². The fourth-order valence-electron chi connectivity index (χ4n) is 3.71. The van der Waals surface area contributed by atoms with Crippen LogP contribution in [-0.2, 0) is 6.54 Å². The smallest absolute Gasteiger partial charge is 0.0912 e. The molecule has 0 N–H and O–H groups in total. The molecule has 0 spiro atoms. The van der Waals surface area contributed by atoms with Gasteiger partial charge in [0, 0.05) is 48.0 Å². The zero-order valence-corrected chi connectivity index (χ0v) is 20.4. The Morgan fingerprint density at radius 2 is 1.25 bits per heavy atom. The number of nitriles is 2. The second kappa shape index (κ2) is 8.90. The Kier molecular flexibility index (Phi) is 5.82. The molecule has 3 nitrogen and oxygen atoms in total. The SMILES string of the molecule is CCCn1c2cc(-c3ccc(/C=C\C#N)s3)sc2c2sc(-c3ccc(/C=C\C#N)s3)cc21. The Morgan fingerprint density at radius 1 is 0.750 bits per heavy atom. The average Bonchev–Trinajstić information content (AvgIpc) is 3.59. The molecular formula is C25H17N3S4. The number of allylic oxidation sites excluding steroid dienone is 2. The van der Waals surface area contributed by atoms with Crippen LogP contribution in [0.15, 0.2) is 48.6 Å². The van der Waals surface area contributed by atoms with E-state index in [1.54, 1.807) is 22.7 Å². The van der Waals surface area contributed by atoms with Crippen molar-refractivity contribution >= 4 is 77.9 Å². The molecule has 0 aliphatic heterocycles. The van der Waals surface area contributed by atoms with Crippen molar-refractivity contribution in [1.82, 2.24) is 4.57 Å². The van der Waals surface area contributed by atoms with Gasteiger partial charge in [0.05, 0.1) is 32.6 Å². The highest BCUT2D eigenvalue weighted by Crippen LogP contribution is 2.47. The maximum absolute atomic E-state index is 8.78. The molecule has 0 aromatic carbocycles. The molecule has 0 fully saturated rings. The molecule has 0 saturated carbocycles. The molecule has 5 aromatic heterocycles. The highest BCUT2D eigenvalue weighted by atomic mass is 32.1. The fourth-order valence-corrected chi connectivity index (χ4v) is 8.17. The fraction of sp³-hybridized carbons (Fsp3) is 0.120. The van der Waals surface area contributed by atoms with Gasteiger partial charge in [-0.2, -0.15) is 10.5 Å². The molecule has 0 amide bonds. The Morgan fingerprint density at radius 3 is 1.69 bits per heavy atom. The summed E-state index contributed by atoms with van der Waals surface area (Å²) in [4.78, 5) is 7.22. The van der Waals surface area contributed by atoms with Gasteiger partial charge >= 0.3 is 0 Å². The Hall–Kier alpha value is -2.94. The quantitative estimate of drug-likeness (QED) is 0.225. The summed E-state index contributed by atoms with van der Waals surface area (Å²) >= 11 is 7.15.